The lowest BCUT2D eigenvalue weighted by Crippen LogP contribution is -2.52. The van der Waals surface area contributed by atoms with Crippen LogP contribution in [0, 0.1) is 20.8 Å². The van der Waals surface area contributed by atoms with Crippen molar-refractivity contribution in [3.05, 3.63) is 82.9 Å². The number of carbonyl (C=O) groups is 2. The van der Waals surface area contributed by atoms with Crippen LogP contribution in [0.5, 0.6) is 11.5 Å². The van der Waals surface area contributed by atoms with Crippen molar-refractivity contribution in [2.75, 3.05) is 31.6 Å². The number of anilines is 1. The van der Waals surface area contributed by atoms with E-state index in [1.54, 1.807) is 12.1 Å². The lowest BCUT2D eigenvalue weighted by molar-refractivity contribution is -0.140. The van der Waals surface area contributed by atoms with Crippen molar-refractivity contribution in [1.29, 1.82) is 0 Å². The van der Waals surface area contributed by atoms with Crippen molar-refractivity contribution >= 4 is 27.5 Å². The van der Waals surface area contributed by atoms with Crippen LogP contribution in [-0.4, -0.2) is 58.5 Å². The van der Waals surface area contributed by atoms with E-state index in [0.29, 0.717) is 24.4 Å². The van der Waals surface area contributed by atoms with Gasteiger partial charge in [-0.05, 0) is 74.6 Å². The highest BCUT2D eigenvalue weighted by atomic mass is 32.2. The summed E-state index contributed by atoms with van der Waals surface area (Å²) in [5.74, 6) is -0.145. The Kier molecular flexibility index (Phi) is 11.6. The van der Waals surface area contributed by atoms with E-state index in [1.807, 2.05) is 65.0 Å². The number of amides is 2. The number of methoxy groups -OCH3 is 2. The average molecular weight is 610 g/mol. The monoisotopic (exact) mass is 609 g/mol. The van der Waals surface area contributed by atoms with E-state index >= 15 is 0 Å². The van der Waals surface area contributed by atoms with Crippen molar-refractivity contribution in [2.45, 2.75) is 64.9 Å². The molecule has 0 aliphatic heterocycles. The number of nitrogens with one attached hydrogen (secondary N) is 1. The number of hydrogen-bond donors (Lipinski definition) is 1. The minimum atomic E-state index is -4.27. The molecule has 1 N–H and O–H groups in total. The lowest BCUT2D eigenvalue weighted by Gasteiger charge is -2.33. The number of aryl methyl sites for hydroxylation is 3. The molecule has 232 valence electrons. The second-order valence-electron chi connectivity index (χ2n) is 10.6. The molecule has 3 aromatic rings. The average Bonchev–Trinajstić information content (AvgIpc) is 2.97. The Morgan fingerprint density at radius 3 is 2.12 bits per heavy atom. The fraction of sp³-hybridized carbons (Fsp3) is 0.394. The molecule has 1 atom stereocenters. The van der Waals surface area contributed by atoms with Crippen LogP contribution in [-0.2, 0) is 26.2 Å². The minimum Gasteiger partial charge on any atom is -0.493 e. The molecule has 3 aromatic carbocycles. The quantitative estimate of drug-likeness (QED) is 0.271. The van der Waals surface area contributed by atoms with Crippen molar-refractivity contribution in [3.63, 3.8) is 0 Å². The van der Waals surface area contributed by atoms with Crippen LogP contribution in [0.3, 0.4) is 0 Å². The van der Waals surface area contributed by atoms with Crippen LogP contribution < -0.4 is 19.1 Å². The standard InChI is InChI=1S/C33H43N3O6S/c1-8-15-34-33(38)29(9-2)35(21-26-12-10-11-23(3)17-26)32(37)22-36(27-18-24(4)16-25(5)19-27)43(39,40)28-13-14-30(41-6)31(20-28)42-7/h10-14,16-20,29H,8-9,15,21-22H2,1-7H3,(H,34,38). The predicted octanol–water partition coefficient (Wildman–Crippen LogP) is 5.16. The van der Waals surface area contributed by atoms with E-state index in [4.69, 9.17) is 9.47 Å². The molecule has 0 aromatic heterocycles. The lowest BCUT2D eigenvalue weighted by atomic mass is 10.1. The second-order valence-corrected chi connectivity index (χ2v) is 12.5. The molecule has 0 heterocycles. The van der Waals surface area contributed by atoms with Crippen LogP contribution in [0.1, 0.15) is 48.9 Å². The molecule has 2 amide bonds. The molecule has 43 heavy (non-hydrogen) atoms. The largest absolute Gasteiger partial charge is 0.493 e. The van der Waals surface area contributed by atoms with Crippen molar-refractivity contribution in [2.24, 2.45) is 0 Å². The summed E-state index contributed by atoms with van der Waals surface area (Å²) < 4.78 is 40.3. The normalized spacial score (nSPS) is 11.9. The third-order valence-corrected chi connectivity index (χ3v) is 8.86. The van der Waals surface area contributed by atoms with Gasteiger partial charge in [0.2, 0.25) is 11.8 Å². The molecule has 1 unspecified atom stereocenters. The van der Waals surface area contributed by atoms with Gasteiger partial charge in [-0.15, -0.1) is 0 Å². The summed E-state index contributed by atoms with van der Waals surface area (Å²) in [4.78, 5) is 29.0. The molecule has 0 saturated carbocycles. The second kappa shape index (κ2) is 14.9. The highest BCUT2D eigenvalue weighted by Gasteiger charge is 2.34. The molecule has 0 fully saturated rings. The van der Waals surface area contributed by atoms with Gasteiger partial charge in [0.15, 0.2) is 11.5 Å². The molecule has 0 aliphatic carbocycles. The van der Waals surface area contributed by atoms with E-state index in [2.05, 4.69) is 5.32 Å². The topological polar surface area (TPSA) is 105 Å². The third-order valence-electron chi connectivity index (χ3n) is 7.09. The summed E-state index contributed by atoms with van der Waals surface area (Å²) in [6, 6.07) is 16.6. The molecular formula is C33H43N3O6S. The highest BCUT2D eigenvalue weighted by molar-refractivity contribution is 7.92. The SMILES string of the molecule is CCCNC(=O)C(CC)N(Cc1cccc(C)c1)C(=O)CN(c1cc(C)cc(C)c1)S(=O)(=O)c1ccc(OC)c(OC)c1. The molecule has 0 spiro atoms. The Labute approximate surface area is 255 Å². The zero-order valence-corrected chi connectivity index (χ0v) is 27.0. The Morgan fingerprint density at radius 2 is 1.53 bits per heavy atom. The fourth-order valence-corrected chi connectivity index (χ4v) is 6.43. The zero-order chi connectivity index (χ0) is 31.7. The van der Waals surface area contributed by atoms with Gasteiger partial charge in [-0.2, -0.15) is 0 Å². The van der Waals surface area contributed by atoms with E-state index in [0.717, 1.165) is 33.0 Å². The van der Waals surface area contributed by atoms with Crippen LogP contribution >= 0.6 is 0 Å². The number of carbonyl (C=O) groups excluding carboxylic acids is 2. The Bertz CT molecular complexity index is 1520. The van der Waals surface area contributed by atoms with E-state index in [9.17, 15) is 18.0 Å². The summed E-state index contributed by atoms with van der Waals surface area (Å²) >= 11 is 0. The molecule has 10 heteroatoms. The molecule has 0 radical (unpaired) electrons. The van der Waals surface area contributed by atoms with Crippen molar-refractivity contribution in [3.8, 4) is 11.5 Å². The first kappa shape index (κ1) is 33.5. The number of sulfonamides is 1. The highest BCUT2D eigenvalue weighted by Crippen LogP contribution is 2.33. The van der Waals surface area contributed by atoms with Gasteiger partial charge < -0.3 is 19.7 Å². The number of nitrogens with zero attached hydrogens (tertiary/aromatic N) is 2. The zero-order valence-electron chi connectivity index (χ0n) is 26.1. The minimum absolute atomic E-state index is 0.0601. The van der Waals surface area contributed by atoms with Crippen molar-refractivity contribution in [1.82, 2.24) is 10.2 Å². The summed E-state index contributed by atoms with van der Waals surface area (Å²) in [7, 11) is -1.37. The fourth-order valence-electron chi connectivity index (χ4n) is 5.02. The summed E-state index contributed by atoms with van der Waals surface area (Å²) in [6.45, 7) is 9.61. The third kappa shape index (κ3) is 8.28. The first-order valence-electron chi connectivity index (χ1n) is 14.4. The van der Waals surface area contributed by atoms with Gasteiger partial charge in [0, 0.05) is 19.2 Å². The Hall–Kier alpha value is -4.05. The maximum Gasteiger partial charge on any atom is 0.264 e. The number of benzene rings is 3. The molecular weight excluding hydrogens is 566 g/mol. The molecule has 3 rings (SSSR count). The van der Waals surface area contributed by atoms with Crippen LogP contribution in [0.15, 0.2) is 65.6 Å². The molecule has 9 nitrogen and oxygen atoms in total. The van der Waals surface area contributed by atoms with Gasteiger partial charge in [-0.3, -0.25) is 13.9 Å². The van der Waals surface area contributed by atoms with Gasteiger partial charge >= 0.3 is 0 Å². The maximum atomic E-state index is 14.3. The van der Waals surface area contributed by atoms with Gasteiger partial charge in [0.1, 0.15) is 12.6 Å². The molecule has 0 saturated heterocycles. The Morgan fingerprint density at radius 1 is 0.860 bits per heavy atom. The number of rotatable bonds is 14. The number of hydrogen-bond acceptors (Lipinski definition) is 6. The molecule has 0 bridgehead atoms. The van der Waals surface area contributed by atoms with Gasteiger partial charge in [-0.1, -0.05) is 49.7 Å². The smallest absolute Gasteiger partial charge is 0.264 e. The van der Waals surface area contributed by atoms with Gasteiger partial charge in [0.05, 0.1) is 24.8 Å². The predicted molar refractivity (Wildman–Crippen MR) is 169 cm³/mol. The van der Waals surface area contributed by atoms with E-state index in [1.165, 1.54) is 37.3 Å². The van der Waals surface area contributed by atoms with Crippen molar-refractivity contribution < 1.29 is 27.5 Å². The summed E-state index contributed by atoms with van der Waals surface area (Å²) in [6.07, 6.45) is 1.11. The molecule has 0 aliphatic rings. The van der Waals surface area contributed by atoms with E-state index in [-0.39, 0.29) is 23.1 Å². The van der Waals surface area contributed by atoms with Crippen LogP contribution in [0.25, 0.3) is 0 Å². The summed E-state index contributed by atoms with van der Waals surface area (Å²) in [5.41, 5.74) is 3.89. The van der Waals surface area contributed by atoms with Crippen LogP contribution in [0.2, 0.25) is 0 Å². The first-order valence-corrected chi connectivity index (χ1v) is 15.8. The van der Waals surface area contributed by atoms with Gasteiger partial charge in [-0.25, -0.2) is 8.42 Å². The van der Waals surface area contributed by atoms with Crippen LogP contribution in [0.4, 0.5) is 5.69 Å². The maximum absolute atomic E-state index is 14.3. The number of ether oxygens (including phenoxy) is 2. The van der Waals surface area contributed by atoms with Gasteiger partial charge in [0.25, 0.3) is 10.0 Å². The Balaban J connectivity index is 2.13. The first-order chi connectivity index (χ1) is 20.4. The van der Waals surface area contributed by atoms with E-state index < -0.39 is 28.5 Å². The summed E-state index contributed by atoms with van der Waals surface area (Å²) in [5, 5.41) is 2.90.